The van der Waals surface area contributed by atoms with Crippen molar-refractivity contribution in [1.82, 2.24) is 10.9 Å². The molecule has 0 saturated heterocycles. The predicted molar refractivity (Wildman–Crippen MR) is 110 cm³/mol. The summed E-state index contributed by atoms with van der Waals surface area (Å²) in [6, 6.07) is 9.91. The molecule has 144 valence electrons. The Morgan fingerprint density at radius 2 is 1.78 bits per heavy atom. The van der Waals surface area contributed by atoms with Crippen LogP contribution in [-0.4, -0.2) is 24.5 Å². The minimum absolute atomic E-state index is 0.277. The van der Waals surface area contributed by atoms with Crippen LogP contribution in [-0.2, 0) is 9.59 Å². The van der Waals surface area contributed by atoms with Crippen molar-refractivity contribution < 1.29 is 19.1 Å². The average Bonchev–Trinajstić information content (AvgIpc) is 2.61. The number of benzene rings is 2. The first-order valence-corrected chi connectivity index (χ1v) is 9.88. The van der Waals surface area contributed by atoms with Gasteiger partial charge in [-0.25, -0.2) is 0 Å². The largest absolute Gasteiger partial charge is 0.483 e. The van der Waals surface area contributed by atoms with Gasteiger partial charge < -0.3 is 9.47 Å². The summed E-state index contributed by atoms with van der Waals surface area (Å²) in [5.41, 5.74) is 4.51. The number of hydrogen-bond acceptors (Lipinski definition) is 4. The molecule has 0 saturated carbocycles. The van der Waals surface area contributed by atoms with Crippen LogP contribution in [0.15, 0.2) is 45.3 Å². The summed E-state index contributed by atoms with van der Waals surface area (Å²) in [6.07, 6.45) is -0.898. The Hall–Kier alpha value is -1.48. The standard InChI is InChI=1S/C17H14Br2Cl2N2O4/c1-9(27-15-5-3-11(20)7-13(15)21)17(25)23-22-16(24)8-26-14-4-2-10(18)6-12(14)19/h2-7,9H,8H2,1H3,(H,22,24)(H,23,25). The lowest BCUT2D eigenvalue weighted by Crippen LogP contribution is -2.48. The zero-order valence-corrected chi connectivity index (χ0v) is 18.6. The predicted octanol–water partition coefficient (Wildman–Crippen LogP) is 4.51. The summed E-state index contributed by atoms with van der Waals surface area (Å²) >= 11 is 18.5. The quantitative estimate of drug-likeness (QED) is 0.529. The molecule has 2 aromatic carbocycles. The molecule has 2 N–H and O–H groups in total. The monoisotopic (exact) mass is 538 g/mol. The summed E-state index contributed by atoms with van der Waals surface area (Å²) in [6.45, 7) is 1.24. The highest BCUT2D eigenvalue weighted by Gasteiger charge is 2.17. The van der Waals surface area contributed by atoms with Crippen LogP contribution in [0.1, 0.15) is 6.92 Å². The number of ether oxygens (including phenoxy) is 2. The van der Waals surface area contributed by atoms with E-state index in [-0.39, 0.29) is 11.6 Å². The van der Waals surface area contributed by atoms with Crippen molar-refractivity contribution in [3.05, 3.63) is 55.4 Å². The second-order valence-electron chi connectivity index (χ2n) is 5.24. The first-order valence-electron chi connectivity index (χ1n) is 7.54. The van der Waals surface area contributed by atoms with E-state index in [0.717, 1.165) is 4.47 Å². The van der Waals surface area contributed by atoms with Crippen molar-refractivity contribution >= 4 is 66.9 Å². The zero-order chi connectivity index (χ0) is 20.0. The molecular formula is C17H14Br2Cl2N2O4. The van der Waals surface area contributed by atoms with Crippen LogP contribution in [0.5, 0.6) is 11.5 Å². The van der Waals surface area contributed by atoms with Crippen molar-refractivity contribution in [3.63, 3.8) is 0 Å². The van der Waals surface area contributed by atoms with E-state index in [1.807, 2.05) is 0 Å². The maximum absolute atomic E-state index is 12.0. The highest BCUT2D eigenvalue weighted by Crippen LogP contribution is 2.29. The van der Waals surface area contributed by atoms with Gasteiger partial charge in [0.25, 0.3) is 11.8 Å². The lowest BCUT2D eigenvalue weighted by molar-refractivity contribution is -0.133. The van der Waals surface area contributed by atoms with Crippen LogP contribution in [0.4, 0.5) is 0 Å². The number of nitrogens with one attached hydrogen (secondary N) is 2. The summed E-state index contributed by atoms with van der Waals surface area (Å²) < 4.78 is 12.4. The van der Waals surface area contributed by atoms with Gasteiger partial charge >= 0.3 is 0 Å². The number of halogens is 4. The molecule has 0 radical (unpaired) electrons. The molecule has 2 rings (SSSR count). The van der Waals surface area contributed by atoms with Crippen molar-refractivity contribution in [2.75, 3.05) is 6.61 Å². The molecule has 0 aliphatic heterocycles. The maximum atomic E-state index is 12.0. The first-order chi connectivity index (χ1) is 12.8. The molecular weight excluding hydrogens is 527 g/mol. The van der Waals surface area contributed by atoms with E-state index in [9.17, 15) is 9.59 Å². The Bertz CT molecular complexity index is 852. The molecule has 0 aromatic heterocycles. The van der Waals surface area contributed by atoms with Gasteiger partial charge in [-0.1, -0.05) is 39.1 Å². The highest BCUT2D eigenvalue weighted by atomic mass is 79.9. The SMILES string of the molecule is CC(Oc1ccc(Cl)cc1Cl)C(=O)NNC(=O)COc1ccc(Br)cc1Br. The first kappa shape index (κ1) is 21.8. The van der Waals surface area contributed by atoms with Crippen LogP contribution in [0.2, 0.25) is 10.0 Å². The molecule has 10 heteroatoms. The number of carbonyl (C=O) groups excluding carboxylic acids is 2. The van der Waals surface area contributed by atoms with Gasteiger partial charge in [0.2, 0.25) is 0 Å². The topological polar surface area (TPSA) is 76.7 Å². The zero-order valence-electron chi connectivity index (χ0n) is 13.9. The van der Waals surface area contributed by atoms with Crippen LogP contribution >= 0.6 is 55.1 Å². The summed E-state index contributed by atoms with van der Waals surface area (Å²) in [5, 5.41) is 0.730. The van der Waals surface area contributed by atoms with Crippen LogP contribution in [0, 0.1) is 0 Å². The minimum Gasteiger partial charge on any atom is -0.483 e. The van der Waals surface area contributed by atoms with Crippen LogP contribution < -0.4 is 20.3 Å². The summed E-state index contributed by atoms with van der Waals surface area (Å²) in [5.74, 6) is -0.290. The average molecular weight is 541 g/mol. The molecule has 0 aliphatic carbocycles. The molecule has 0 bridgehead atoms. The summed E-state index contributed by atoms with van der Waals surface area (Å²) in [4.78, 5) is 23.8. The van der Waals surface area contributed by atoms with Gasteiger partial charge in [-0.15, -0.1) is 0 Å². The van der Waals surface area contributed by atoms with Crippen molar-refractivity contribution in [1.29, 1.82) is 0 Å². The molecule has 6 nitrogen and oxygen atoms in total. The van der Waals surface area contributed by atoms with Gasteiger partial charge in [0, 0.05) is 9.50 Å². The molecule has 27 heavy (non-hydrogen) atoms. The van der Waals surface area contributed by atoms with E-state index in [1.165, 1.54) is 13.0 Å². The number of amides is 2. The lowest BCUT2D eigenvalue weighted by Gasteiger charge is -2.16. The third-order valence-electron chi connectivity index (χ3n) is 3.14. The van der Waals surface area contributed by atoms with Gasteiger partial charge in [0.15, 0.2) is 12.7 Å². The number of hydrogen-bond donors (Lipinski definition) is 2. The van der Waals surface area contributed by atoms with Crippen molar-refractivity contribution in [2.45, 2.75) is 13.0 Å². The number of carbonyl (C=O) groups is 2. The Balaban J connectivity index is 1.79. The Kier molecular flexibility index (Phi) is 8.22. The fraction of sp³-hybridized carbons (Fsp3) is 0.176. The van der Waals surface area contributed by atoms with E-state index in [2.05, 4.69) is 42.7 Å². The van der Waals surface area contributed by atoms with Gasteiger partial charge in [-0.2, -0.15) is 0 Å². The number of rotatable bonds is 6. The normalized spacial score (nSPS) is 11.4. The third kappa shape index (κ3) is 6.88. The fourth-order valence-electron chi connectivity index (χ4n) is 1.82. The Morgan fingerprint density at radius 3 is 2.44 bits per heavy atom. The van der Waals surface area contributed by atoms with E-state index >= 15 is 0 Å². The van der Waals surface area contributed by atoms with Gasteiger partial charge in [0.1, 0.15) is 11.5 Å². The molecule has 0 aliphatic rings. The number of hydrazine groups is 1. The molecule has 2 aromatic rings. The van der Waals surface area contributed by atoms with Gasteiger partial charge in [0.05, 0.1) is 9.50 Å². The Morgan fingerprint density at radius 1 is 1.07 bits per heavy atom. The fourth-order valence-corrected chi connectivity index (χ4v) is 3.43. The Labute approximate surface area is 182 Å². The van der Waals surface area contributed by atoms with Crippen LogP contribution in [0.3, 0.4) is 0 Å². The molecule has 0 fully saturated rings. The summed E-state index contributed by atoms with van der Waals surface area (Å²) in [7, 11) is 0. The molecule has 0 heterocycles. The third-order valence-corrected chi connectivity index (χ3v) is 4.79. The van der Waals surface area contributed by atoms with E-state index in [0.29, 0.717) is 21.0 Å². The second kappa shape index (κ2) is 10.2. The molecule has 1 unspecified atom stereocenters. The van der Waals surface area contributed by atoms with E-state index in [4.69, 9.17) is 32.7 Å². The smallest absolute Gasteiger partial charge is 0.279 e. The van der Waals surface area contributed by atoms with E-state index in [1.54, 1.807) is 30.3 Å². The van der Waals surface area contributed by atoms with Gasteiger partial charge in [-0.05, 0) is 59.3 Å². The van der Waals surface area contributed by atoms with Crippen molar-refractivity contribution in [2.24, 2.45) is 0 Å². The second-order valence-corrected chi connectivity index (χ2v) is 7.85. The van der Waals surface area contributed by atoms with Crippen LogP contribution in [0.25, 0.3) is 0 Å². The molecule has 0 spiro atoms. The van der Waals surface area contributed by atoms with E-state index < -0.39 is 17.9 Å². The van der Waals surface area contributed by atoms with Crippen molar-refractivity contribution in [3.8, 4) is 11.5 Å². The maximum Gasteiger partial charge on any atom is 0.279 e. The molecule has 2 amide bonds. The highest BCUT2D eigenvalue weighted by molar-refractivity contribution is 9.11. The minimum atomic E-state index is -0.898. The lowest BCUT2D eigenvalue weighted by atomic mass is 10.3. The van der Waals surface area contributed by atoms with Gasteiger partial charge in [-0.3, -0.25) is 20.4 Å². The molecule has 1 atom stereocenters.